The van der Waals surface area contributed by atoms with Gasteiger partial charge in [0.15, 0.2) is 5.96 Å². The quantitative estimate of drug-likeness (QED) is 0.429. The second-order valence-corrected chi connectivity index (χ2v) is 7.51. The van der Waals surface area contributed by atoms with Gasteiger partial charge in [-0.2, -0.15) is 0 Å². The number of nitrogens with one attached hydrogen (secondary N) is 2. The summed E-state index contributed by atoms with van der Waals surface area (Å²) in [6.45, 7) is 12.3. The number of rotatable bonds is 7. The van der Waals surface area contributed by atoms with Crippen molar-refractivity contribution in [3.05, 3.63) is 0 Å². The van der Waals surface area contributed by atoms with Crippen LogP contribution in [-0.2, 0) is 9.47 Å². The van der Waals surface area contributed by atoms with Crippen LogP contribution < -0.4 is 10.6 Å². The standard InChI is InChI=1S/C17H33N3O2/c1-12(2)11-21-9-6-8-19-16(18-5)20-14-13-7-10-22-15(13)17(14,3)4/h12-15H,6-11H2,1-5H3,(H2,18,19,20). The van der Waals surface area contributed by atoms with Crippen LogP contribution in [0, 0.1) is 17.3 Å². The van der Waals surface area contributed by atoms with Crippen LogP contribution in [0.3, 0.4) is 0 Å². The van der Waals surface area contributed by atoms with E-state index in [0.717, 1.165) is 45.2 Å². The van der Waals surface area contributed by atoms with Crippen LogP contribution in [-0.4, -0.2) is 51.5 Å². The lowest BCUT2D eigenvalue weighted by atomic mass is 9.57. The summed E-state index contributed by atoms with van der Waals surface area (Å²) in [7, 11) is 1.83. The molecular formula is C17H33N3O2. The first kappa shape index (κ1) is 17.5. The molecule has 0 radical (unpaired) electrons. The highest BCUT2D eigenvalue weighted by Crippen LogP contribution is 2.51. The molecule has 0 spiro atoms. The third-order valence-electron chi connectivity index (χ3n) is 4.83. The predicted octanol–water partition coefficient (Wildman–Crippen LogP) is 2.03. The third kappa shape index (κ3) is 3.93. The summed E-state index contributed by atoms with van der Waals surface area (Å²) in [5.74, 6) is 2.13. The fourth-order valence-corrected chi connectivity index (χ4v) is 3.66. The van der Waals surface area contributed by atoms with Gasteiger partial charge in [0.05, 0.1) is 6.10 Å². The van der Waals surface area contributed by atoms with E-state index in [9.17, 15) is 0 Å². The summed E-state index contributed by atoms with van der Waals surface area (Å²) < 4.78 is 11.4. The van der Waals surface area contributed by atoms with Crippen LogP contribution in [0.5, 0.6) is 0 Å². The minimum atomic E-state index is 0.180. The zero-order valence-corrected chi connectivity index (χ0v) is 14.8. The normalized spacial score (nSPS) is 30.1. The van der Waals surface area contributed by atoms with E-state index in [-0.39, 0.29) is 5.41 Å². The number of guanidine groups is 1. The molecule has 3 atom stereocenters. The molecule has 2 aliphatic rings. The zero-order valence-electron chi connectivity index (χ0n) is 14.8. The summed E-state index contributed by atoms with van der Waals surface area (Å²) in [6.07, 6.45) is 2.56. The Kier molecular flexibility index (Phi) is 6.09. The molecule has 0 amide bonds. The maximum atomic E-state index is 5.84. The van der Waals surface area contributed by atoms with E-state index in [1.807, 2.05) is 7.05 Å². The molecule has 1 heterocycles. The van der Waals surface area contributed by atoms with Crippen molar-refractivity contribution in [3.8, 4) is 0 Å². The topological polar surface area (TPSA) is 54.9 Å². The van der Waals surface area contributed by atoms with Crippen molar-refractivity contribution in [2.45, 2.75) is 52.7 Å². The maximum Gasteiger partial charge on any atom is 0.191 e. The highest BCUT2D eigenvalue weighted by Gasteiger charge is 2.59. The van der Waals surface area contributed by atoms with E-state index in [0.29, 0.717) is 24.0 Å². The van der Waals surface area contributed by atoms with Crippen LogP contribution in [0.2, 0.25) is 0 Å². The van der Waals surface area contributed by atoms with Crippen molar-refractivity contribution in [1.82, 2.24) is 10.6 Å². The van der Waals surface area contributed by atoms with Crippen LogP contribution in [0.1, 0.15) is 40.5 Å². The van der Waals surface area contributed by atoms with Crippen LogP contribution in [0.15, 0.2) is 4.99 Å². The fourth-order valence-electron chi connectivity index (χ4n) is 3.66. The van der Waals surface area contributed by atoms with E-state index in [1.54, 1.807) is 0 Å². The molecule has 5 heteroatoms. The molecule has 0 aromatic carbocycles. The van der Waals surface area contributed by atoms with Crippen molar-refractivity contribution in [3.63, 3.8) is 0 Å². The molecule has 2 fully saturated rings. The summed E-state index contributed by atoms with van der Waals surface area (Å²) >= 11 is 0. The van der Waals surface area contributed by atoms with Gasteiger partial charge >= 0.3 is 0 Å². The highest BCUT2D eigenvalue weighted by molar-refractivity contribution is 5.80. The first-order valence-electron chi connectivity index (χ1n) is 8.63. The average Bonchev–Trinajstić information content (AvgIpc) is 2.92. The fraction of sp³-hybridized carbons (Fsp3) is 0.941. The Morgan fingerprint density at radius 3 is 2.86 bits per heavy atom. The lowest BCUT2D eigenvalue weighted by molar-refractivity contribution is -0.106. The Morgan fingerprint density at radius 1 is 1.41 bits per heavy atom. The van der Waals surface area contributed by atoms with Crippen molar-refractivity contribution in [2.75, 3.05) is 33.4 Å². The van der Waals surface area contributed by atoms with E-state index in [1.165, 1.54) is 0 Å². The lowest BCUT2D eigenvalue weighted by Gasteiger charge is -2.54. The number of aliphatic imine (C=N–C) groups is 1. The van der Waals surface area contributed by atoms with Crippen molar-refractivity contribution in [1.29, 1.82) is 0 Å². The first-order chi connectivity index (χ1) is 10.5. The molecular weight excluding hydrogens is 278 g/mol. The van der Waals surface area contributed by atoms with E-state index in [4.69, 9.17) is 9.47 Å². The van der Waals surface area contributed by atoms with Gasteiger partial charge in [-0.3, -0.25) is 4.99 Å². The second kappa shape index (κ2) is 7.64. The molecule has 1 aliphatic heterocycles. The SMILES string of the molecule is CN=C(NCCCOCC(C)C)NC1C2CCOC2C1(C)C. The number of fused-ring (bicyclic) bond motifs is 1. The maximum absolute atomic E-state index is 5.84. The van der Waals surface area contributed by atoms with Crippen molar-refractivity contribution >= 4 is 5.96 Å². The van der Waals surface area contributed by atoms with Gasteiger partial charge in [-0.05, 0) is 18.8 Å². The number of nitrogens with zero attached hydrogens (tertiary/aromatic N) is 1. The van der Waals surface area contributed by atoms with Gasteiger partial charge in [0, 0.05) is 50.8 Å². The van der Waals surface area contributed by atoms with Gasteiger partial charge in [-0.25, -0.2) is 0 Å². The minimum absolute atomic E-state index is 0.180. The largest absolute Gasteiger partial charge is 0.381 e. The molecule has 2 rings (SSSR count). The minimum Gasteiger partial charge on any atom is -0.381 e. The zero-order chi connectivity index (χ0) is 16.2. The van der Waals surface area contributed by atoms with Crippen LogP contribution >= 0.6 is 0 Å². The molecule has 5 nitrogen and oxygen atoms in total. The summed E-state index contributed by atoms with van der Waals surface area (Å²) in [5.41, 5.74) is 0.180. The van der Waals surface area contributed by atoms with Crippen LogP contribution in [0.25, 0.3) is 0 Å². The van der Waals surface area contributed by atoms with E-state index < -0.39 is 0 Å². The molecule has 2 N–H and O–H groups in total. The van der Waals surface area contributed by atoms with Gasteiger partial charge in [0.1, 0.15) is 0 Å². The van der Waals surface area contributed by atoms with Gasteiger partial charge in [-0.15, -0.1) is 0 Å². The molecule has 1 saturated carbocycles. The Labute approximate surface area is 135 Å². The molecule has 1 aliphatic carbocycles. The van der Waals surface area contributed by atoms with Gasteiger partial charge < -0.3 is 20.1 Å². The number of hydrogen-bond acceptors (Lipinski definition) is 3. The number of hydrogen-bond donors (Lipinski definition) is 2. The lowest BCUT2D eigenvalue weighted by Crippen LogP contribution is -2.68. The Balaban J connectivity index is 1.67. The highest BCUT2D eigenvalue weighted by atomic mass is 16.5. The van der Waals surface area contributed by atoms with Crippen molar-refractivity contribution < 1.29 is 9.47 Å². The summed E-state index contributed by atoms with van der Waals surface area (Å²) in [4.78, 5) is 4.35. The van der Waals surface area contributed by atoms with Crippen LogP contribution in [0.4, 0.5) is 0 Å². The van der Waals surface area contributed by atoms with Gasteiger partial charge in [-0.1, -0.05) is 27.7 Å². The Morgan fingerprint density at radius 2 is 2.18 bits per heavy atom. The molecule has 128 valence electrons. The Hall–Kier alpha value is -0.810. The number of ether oxygens (including phenoxy) is 2. The van der Waals surface area contributed by atoms with E-state index in [2.05, 4.69) is 43.3 Å². The molecule has 1 saturated heterocycles. The Bertz CT molecular complexity index is 382. The predicted molar refractivity (Wildman–Crippen MR) is 90.2 cm³/mol. The third-order valence-corrected chi connectivity index (χ3v) is 4.83. The average molecular weight is 311 g/mol. The molecule has 0 aromatic rings. The van der Waals surface area contributed by atoms with Gasteiger partial charge in [0.2, 0.25) is 0 Å². The van der Waals surface area contributed by atoms with Crippen molar-refractivity contribution in [2.24, 2.45) is 22.2 Å². The second-order valence-electron chi connectivity index (χ2n) is 7.51. The smallest absolute Gasteiger partial charge is 0.191 e. The monoisotopic (exact) mass is 311 g/mol. The van der Waals surface area contributed by atoms with E-state index >= 15 is 0 Å². The molecule has 3 unspecified atom stereocenters. The summed E-state index contributed by atoms with van der Waals surface area (Å²) in [5, 5.41) is 6.98. The van der Waals surface area contributed by atoms with Gasteiger partial charge in [0.25, 0.3) is 0 Å². The molecule has 0 bridgehead atoms. The summed E-state index contributed by atoms with van der Waals surface area (Å²) in [6, 6.07) is 0.448. The molecule has 0 aromatic heterocycles. The first-order valence-corrected chi connectivity index (χ1v) is 8.63. The molecule has 22 heavy (non-hydrogen) atoms.